The molecule has 0 fully saturated rings. The topological polar surface area (TPSA) is 57.6 Å². The Morgan fingerprint density at radius 1 is 1.29 bits per heavy atom. The highest BCUT2D eigenvalue weighted by Crippen LogP contribution is 2.10. The van der Waals surface area contributed by atoms with Gasteiger partial charge in [-0.15, -0.1) is 0 Å². The fourth-order valence-corrected chi connectivity index (χ4v) is 1.62. The highest BCUT2D eigenvalue weighted by Gasteiger charge is 2.16. The van der Waals surface area contributed by atoms with Gasteiger partial charge >= 0.3 is 5.97 Å². The van der Waals surface area contributed by atoms with Gasteiger partial charge < -0.3 is 10.0 Å². The minimum Gasteiger partial charge on any atom is -0.481 e. The van der Waals surface area contributed by atoms with Crippen LogP contribution in [0.5, 0.6) is 0 Å². The fourth-order valence-electron chi connectivity index (χ4n) is 1.62. The van der Waals surface area contributed by atoms with Gasteiger partial charge in [-0.1, -0.05) is 18.2 Å². The molecule has 4 heteroatoms. The number of rotatable bonds is 5. The Balaban J connectivity index is 2.79. The van der Waals surface area contributed by atoms with E-state index in [0.717, 1.165) is 5.56 Å². The molecule has 0 aliphatic rings. The van der Waals surface area contributed by atoms with Crippen LogP contribution in [0.4, 0.5) is 0 Å². The molecule has 0 aromatic heterocycles. The lowest BCUT2D eigenvalue weighted by molar-refractivity contribution is -0.137. The van der Waals surface area contributed by atoms with Gasteiger partial charge in [0, 0.05) is 18.7 Å². The fraction of sp³-hybridized carbons (Fsp3) is 0.385. The zero-order valence-corrected chi connectivity index (χ0v) is 10.1. The van der Waals surface area contributed by atoms with Crippen molar-refractivity contribution in [2.75, 3.05) is 13.1 Å². The van der Waals surface area contributed by atoms with Crippen molar-refractivity contribution in [3.63, 3.8) is 0 Å². The number of hydrogen-bond acceptors (Lipinski definition) is 2. The standard InChI is InChI=1S/C13H17NO3/c1-3-14(9-8-12(15)16)13(17)11-7-5-4-6-10(11)2/h4-7H,3,8-9H2,1-2H3,(H,15,16). The van der Waals surface area contributed by atoms with E-state index in [0.29, 0.717) is 12.1 Å². The van der Waals surface area contributed by atoms with E-state index >= 15 is 0 Å². The summed E-state index contributed by atoms with van der Waals surface area (Å²) in [7, 11) is 0. The van der Waals surface area contributed by atoms with Crippen LogP contribution >= 0.6 is 0 Å². The molecule has 1 rings (SSSR count). The van der Waals surface area contributed by atoms with Crippen LogP contribution in [0.15, 0.2) is 24.3 Å². The van der Waals surface area contributed by atoms with Crippen molar-refractivity contribution in [3.8, 4) is 0 Å². The van der Waals surface area contributed by atoms with Gasteiger partial charge in [-0.25, -0.2) is 0 Å². The van der Waals surface area contributed by atoms with E-state index in [1.54, 1.807) is 11.0 Å². The van der Waals surface area contributed by atoms with Crippen molar-refractivity contribution in [1.82, 2.24) is 4.90 Å². The van der Waals surface area contributed by atoms with Crippen molar-refractivity contribution >= 4 is 11.9 Å². The van der Waals surface area contributed by atoms with E-state index in [4.69, 9.17) is 5.11 Å². The van der Waals surface area contributed by atoms with Crippen molar-refractivity contribution in [2.45, 2.75) is 20.3 Å². The molecule has 1 aromatic rings. The quantitative estimate of drug-likeness (QED) is 0.848. The minimum absolute atomic E-state index is 0.0224. The highest BCUT2D eigenvalue weighted by atomic mass is 16.4. The van der Waals surface area contributed by atoms with E-state index in [9.17, 15) is 9.59 Å². The van der Waals surface area contributed by atoms with Crippen LogP contribution in [0.3, 0.4) is 0 Å². The lowest BCUT2D eigenvalue weighted by Crippen LogP contribution is -2.33. The van der Waals surface area contributed by atoms with Gasteiger partial charge in [0.1, 0.15) is 0 Å². The average Bonchev–Trinajstić information content (AvgIpc) is 2.29. The SMILES string of the molecule is CCN(CCC(=O)O)C(=O)c1ccccc1C. The number of aliphatic carboxylic acids is 1. The van der Waals surface area contributed by atoms with Gasteiger partial charge in [-0.3, -0.25) is 9.59 Å². The molecule has 0 radical (unpaired) electrons. The first-order valence-corrected chi connectivity index (χ1v) is 5.63. The van der Waals surface area contributed by atoms with Crippen LogP contribution in [0.1, 0.15) is 29.3 Å². The van der Waals surface area contributed by atoms with E-state index in [2.05, 4.69) is 0 Å². The molecule has 0 aliphatic heterocycles. The molecule has 92 valence electrons. The maximum Gasteiger partial charge on any atom is 0.305 e. The van der Waals surface area contributed by atoms with Crippen molar-refractivity contribution < 1.29 is 14.7 Å². The first kappa shape index (κ1) is 13.2. The van der Waals surface area contributed by atoms with Crippen molar-refractivity contribution in [2.24, 2.45) is 0 Å². The van der Waals surface area contributed by atoms with Crippen molar-refractivity contribution in [3.05, 3.63) is 35.4 Å². The summed E-state index contributed by atoms with van der Waals surface area (Å²) < 4.78 is 0. The van der Waals surface area contributed by atoms with E-state index in [1.165, 1.54) is 0 Å². The van der Waals surface area contributed by atoms with Crippen LogP contribution in [0, 0.1) is 6.92 Å². The van der Waals surface area contributed by atoms with Crippen LogP contribution in [-0.4, -0.2) is 35.0 Å². The molecule has 0 heterocycles. The van der Waals surface area contributed by atoms with E-state index in [1.807, 2.05) is 32.0 Å². The molecule has 0 spiro atoms. The number of benzene rings is 1. The summed E-state index contributed by atoms with van der Waals surface area (Å²) >= 11 is 0. The molecule has 0 bridgehead atoms. The maximum absolute atomic E-state index is 12.1. The molecule has 4 nitrogen and oxygen atoms in total. The second-order valence-corrected chi connectivity index (χ2v) is 3.84. The Morgan fingerprint density at radius 3 is 2.47 bits per heavy atom. The Kier molecular flexibility index (Phi) is 4.69. The van der Waals surface area contributed by atoms with E-state index < -0.39 is 5.97 Å². The van der Waals surface area contributed by atoms with Gasteiger partial charge in [0.25, 0.3) is 5.91 Å². The van der Waals surface area contributed by atoms with Gasteiger partial charge in [-0.2, -0.15) is 0 Å². The zero-order chi connectivity index (χ0) is 12.8. The number of carboxylic acids is 1. The number of carbonyl (C=O) groups is 2. The van der Waals surface area contributed by atoms with Crippen LogP contribution in [-0.2, 0) is 4.79 Å². The molecular formula is C13H17NO3. The Bertz CT molecular complexity index is 415. The van der Waals surface area contributed by atoms with Crippen molar-refractivity contribution in [1.29, 1.82) is 0 Å². The summed E-state index contributed by atoms with van der Waals surface area (Å²) in [5.74, 6) is -0.993. The summed E-state index contributed by atoms with van der Waals surface area (Å²) in [6.45, 7) is 4.48. The van der Waals surface area contributed by atoms with E-state index in [-0.39, 0.29) is 18.9 Å². The lowest BCUT2D eigenvalue weighted by atomic mass is 10.1. The number of aryl methyl sites for hydroxylation is 1. The molecule has 0 unspecified atom stereocenters. The zero-order valence-electron chi connectivity index (χ0n) is 10.1. The second-order valence-electron chi connectivity index (χ2n) is 3.84. The first-order valence-electron chi connectivity index (χ1n) is 5.63. The molecule has 1 N–H and O–H groups in total. The van der Waals surface area contributed by atoms with Crippen LogP contribution in [0.25, 0.3) is 0 Å². The highest BCUT2D eigenvalue weighted by molar-refractivity contribution is 5.95. The summed E-state index contributed by atoms with van der Waals surface area (Å²) in [4.78, 5) is 24.2. The third-order valence-electron chi connectivity index (χ3n) is 2.64. The molecule has 0 aliphatic carbocycles. The number of amides is 1. The number of carboxylic acid groups (broad SMARTS) is 1. The predicted molar refractivity (Wildman–Crippen MR) is 65.0 cm³/mol. The minimum atomic E-state index is -0.888. The third kappa shape index (κ3) is 3.59. The Labute approximate surface area is 101 Å². The Morgan fingerprint density at radius 2 is 1.94 bits per heavy atom. The summed E-state index contributed by atoms with van der Waals surface area (Å²) in [5, 5.41) is 8.63. The van der Waals surface area contributed by atoms with Crippen LogP contribution < -0.4 is 0 Å². The molecular weight excluding hydrogens is 218 g/mol. The molecule has 0 atom stereocenters. The van der Waals surface area contributed by atoms with Gasteiger partial charge in [0.2, 0.25) is 0 Å². The monoisotopic (exact) mass is 235 g/mol. The van der Waals surface area contributed by atoms with Gasteiger partial charge in [0.05, 0.1) is 6.42 Å². The Hall–Kier alpha value is -1.84. The maximum atomic E-state index is 12.1. The average molecular weight is 235 g/mol. The first-order chi connectivity index (χ1) is 8.06. The number of hydrogen-bond donors (Lipinski definition) is 1. The number of carbonyl (C=O) groups excluding carboxylic acids is 1. The summed E-state index contributed by atoms with van der Waals surface area (Å²) in [6.07, 6.45) is -0.0224. The molecule has 17 heavy (non-hydrogen) atoms. The molecule has 1 aromatic carbocycles. The molecule has 0 saturated heterocycles. The molecule has 0 saturated carbocycles. The second kappa shape index (κ2) is 6.03. The van der Waals surface area contributed by atoms with Crippen LogP contribution in [0.2, 0.25) is 0 Å². The van der Waals surface area contributed by atoms with Gasteiger partial charge in [-0.05, 0) is 25.5 Å². The summed E-state index contributed by atoms with van der Waals surface area (Å²) in [5.41, 5.74) is 1.55. The largest absolute Gasteiger partial charge is 0.481 e. The summed E-state index contributed by atoms with van der Waals surface area (Å²) in [6, 6.07) is 7.32. The van der Waals surface area contributed by atoms with Gasteiger partial charge in [0.15, 0.2) is 0 Å². The normalized spacial score (nSPS) is 10.0. The number of nitrogens with zero attached hydrogens (tertiary/aromatic N) is 1. The third-order valence-corrected chi connectivity index (χ3v) is 2.64. The molecule has 1 amide bonds. The lowest BCUT2D eigenvalue weighted by Gasteiger charge is -2.20. The predicted octanol–water partition coefficient (Wildman–Crippen LogP) is 1.93. The smallest absolute Gasteiger partial charge is 0.305 e.